The molecule has 0 aliphatic carbocycles. The fourth-order valence-corrected chi connectivity index (χ4v) is 4.30. The molecule has 0 aliphatic rings. The molecule has 0 unspecified atom stereocenters. The number of hydrogen-bond donors (Lipinski definition) is 6. The van der Waals surface area contributed by atoms with E-state index in [0.29, 0.717) is 25.8 Å². The van der Waals surface area contributed by atoms with Crippen LogP contribution in [0.15, 0.2) is 60.7 Å². The summed E-state index contributed by atoms with van der Waals surface area (Å²) in [7, 11) is 0. The second-order valence-corrected chi connectivity index (χ2v) is 10.4. The number of hydrogen-bond acceptors (Lipinski definition) is 6. The van der Waals surface area contributed by atoms with Crippen LogP contribution in [0.5, 0.6) is 0 Å². The van der Waals surface area contributed by atoms with Gasteiger partial charge in [0.05, 0.1) is 6.04 Å². The van der Waals surface area contributed by atoms with Gasteiger partial charge in [-0.1, -0.05) is 74.5 Å². The molecular formula is C30H43N5O5. The maximum atomic E-state index is 13.5. The van der Waals surface area contributed by atoms with Crippen molar-refractivity contribution in [3.63, 3.8) is 0 Å². The lowest BCUT2D eigenvalue weighted by Crippen LogP contribution is -2.58. The van der Waals surface area contributed by atoms with Crippen molar-refractivity contribution in [1.82, 2.24) is 16.0 Å². The van der Waals surface area contributed by atoms with Crippen LogP contribution in [0, 0.1) is 5.92 Å². The summed E-state index contributed by atoms with van der Waals surface area (Å²) in [6.45, 7) is 4.22. The van der Waals surface area contributed by atoms with E-state index in [4.69, 9.17) is 11.5 Å². The molecule has 10 heteroatoms. The summed E-state index contributed by atoms with van der Waals surface area (Å²) in [6.07, 6.45) is 2.18. The number of aliphatic carboxylic acids is 1. The summed E-state index contributed by atoms with van der Waals surface area (Å²) in [6, 6.07) is 14.6. The maximum Gasteiger partial charge on any atom is 0.326 e. The lowest BCUT2D eigenvalue weighted by atomic mass is 10.00. The first-order valence-corrected chi connectivity index (χ1v) is 13.8. The monoisotopic (exact) mass is 553 g/mol. The Hall–Kier alpha value is -3.76. The van der Waals surface area contributed by atoms with Crippen LogP contribution in [-0.2, 0) is 32.0 Å². The second-order valence-electron chi connectivity index (χ2n) is 10.4. The minimum atomic E-state index is -1.15. The summed E-state index contributed by atoms with van der Waals surface area (Å²) in [4.78, 5) is 51.4. The molecule has 2 aromatic carbocycles. The van der Waals surface area contributed by atoms with Crippen molar-refractivity contribution in [3.8, 4) is 0 Å². The quantitative estimate of drug-likeness (QED) is 0.161. The molecule has 0 heterocycles. The second kappa shape index (κ2) is 17.0. The summed E-state index contributed by atoms with van der Waals surface area (Å²) in [5.74, 6) is -2.76. The summed E-state index contributed by atoms with van der Waals surface area (Å²) in [5, 5.41) is 17.7. The van der Waals surface area contributed by atoms with Crippen molar-refractivity contribution in [3.05, 3.63) is 71.8 Å². The largest absolute Gasteiger partial charge is 0.480 e. The minimum absolute atomic E-state index is 0.0260. The van der Waals surface area contributed by atoms with Gasteiger partial charge < -0.3 is 32.5 Å². The zero-order valence-corrected chi connectivity index (χ0v) is 23.3. The van der Waals surface area contributed by atoms with Crippen LogP contribution in [-0.4, -0.2) is 59.5 Å². The lowest BCUT2D eigenvalue weighted by molar-refractivity contribution is -0.142. The van der Waals surface area contributed by atoms with Crippen LogP contribution in [0.1, 0.15) is 50.7 Å². The average molecular weight is 554 g/mol. The van der Waals surface area contributed by atoms with E-state index in [2.05, 4.69) is 16.0 Å². The van der Waals surface area contributed by atoms with Gasteiger partial charge in [0.1, 0.15) is 18.1 Å². The minimum Gasteiger partial charge on any atom is -0.480 e. The highest BCUT2D eigenvalue weighted by molar-refractivity contribution is 5.94. The molecule has 4 atom stereocenters. The molecule has 0 fully saturated rings. The van der Waals surface area contributed by atoms with Crippen LogP contribution in [0.2, 0.25) is 0 Å². The van der Waals surface area contributed by atoms with Crippen molar-refractivity contribution in [1.29, 1.82) is 0 Å². The Morgan fingerprint density at radius 3 is 1.75 bits per heavy atom. The molecule has 0 aliphatic heterocycles. The molecule has 218 valence electrons. The van der Waals surface area contributed by atoms with Crippen molar-refractivity contribution in [2.45, 2.75) is 76.5 Å². The van der Waals surface area contributed by atoms with Gasteiger partial charge in [-0.15, -0.1) is 0 Å². The zero-order chi connectivity index (χ0) is 29.5. The Bertz CT molecular complexity index is 1080. The fraction of sp³-hybridized carbons (Fsp3) is 0.467. The smallest absolute Gasteiger partial charge is 0.326 e. The number of nitrogens with two attached hydrogens (primary N) is 2. The van der Waals surface area contributed by atoms with Crippen LogP contribution in [0.25, 0.3) is 0 Å². The van der Waals surface area contributed by atoms with Gasteiger partial charge in [-0.2, -0.15) is 0 Å². The SMILES string of the molecule is CC(C)C[C@@H](NC(=O)[C@@H](Cc1ccccc1)NC(=O)[C@@H](N)Cc1ccccc1)C(=O)N[C@H](CCCCN)C(=O)O. The number of rotatable bonds is 17. The van der Waals surface area contributed by atoms with E-state index < -0.39 is 47.9 Å². The molecule has 0 bridgehead atoms. The highest BCUT2D eigenvalue weighted by Crippen LogP contribution is 2.10. The third-order valence-corrected chi connectivity index (χ3v) is 6.45. The first-order chi connectivity index (χ1) is 19.1. The molecule has 0 aromatic heterocycles. The Morgan fingerprint density at radius 1 is 0.725 bits per heavy atom. The van der Waals surface area contributed by atoms with Crippen molar-refractivity contribution >= 4 is 23.7 Å². The van der Waals surface area contributed by atoms with Gasteiger partial charge in [0, 0.05) is 6.42 Å². The number of amides is 3. The van der Waals surface area contributed by atoms with Gasteiger partial charge >= 0.3 is 5.97 Å². The molecule has 0 radical (unpaired) electrons. The summed E-state index contributed by atoms with van der Waals surface area (Å²) < 4.78 is 0. The Kier molecular flexibility index (Phi) is 13.8. The van der Waals surface area contributed by atoms with Crippen LogP contribution in [0.3, 0.4) is 0 Å². The first-order valence-electron chi connectivity index (χ1n) is 13.8. The molecule has 8 N–H and O–H groups in total. The van der Waals surface area contributed by atoms with Gasteiger partial charge in [0.2, 0.25) is 17.7 Å². The Labute approximate surface area is 236 Å². The Balaban J connectivity index is 2.18. The third-order valence-electron chi connectivity index (χ3n) is 6.45. The standard InChI is InChI=1S/C30H43N5O5/c1-20(2)17-25(28(37)33-24(30(39)40)15-9-10-16-31)35-29(38)26(19-22-13-7-4-8-14-22)34-27(36)23(32)18-21-11-5-3-6-12-21/h3-8,11-14,20,23-26H,9-10,15-19,31-32H2,1-2H3,(H,33,37)(H,34,36)(H,35,38)(H,39,40)/t23-,24+,25+,26+/m0/s1. The number of unbranched alkanes of at least 4 members (excludes halogenated alkanes) is 1. The number of benzene rings is 2. The van der Waals surface area contributed by atoms with Gasteiger partial charge in [-0.25, -0.2) is 4.79 Å². The Morgan fingerprint density at radius 2 is 1.23 bits per heavy atom. The molecule has 0 saturated carbocycles. The highest BCUT2D eigenvalue weighted by Gasteiger charge is 2.31. The van der Waals surface area contributed by atoms with Gasteiger partial charge in [0.15, 0.2) is 0 Å². The van der Waals surface area contributed by atoms with E-state index in [1.54, 1.807) is 0 Å². The van der Waals surface area contributed by atoms with Gasteiger partial charge in [0.25, 0.3) is 0 Å². The molecule has 10 nitrogen and oxygen atoms in total. The maximum absolute atomic E-state index is 13.5. The molecule has 40 heavy (non-hydrogen) atoms. The predicted octanol–water partition coefficient (Wildman–Crippen LogP) is 1.51. The summed E-state index contributed by atoms with van der Waals surface area (Å²) >= 11 is 0. The molecule has 0 spiro atoms. The normalized spacial score (nSPS) is 14.0. The number of carboxylic acids is 1. The number of carbonyl (C=O) groups excluding carboxylic acids is 3. The average Bonchev–Trinajstić information content (AvgIpc) is 2.92. The van der Waals surface area contributed by atoms with Crippen LogP contribution in [0.4, 0.5) is 0 Å². The highest BCUT2D eigenvalue weighted by atomic mass is 16.4. The van der Waals surface area contributed by atoms with E-state index in [9.17, 15) is 24.3 Å². The topological polar surface area (TPSA) is 177 Å². The predicted molar refractivity (Wildman–Crippen MR) is 154 cm³/mol. The van der Waals surface area contributed by atoms with Crippen LogP contribution >= 0.6 is 0 Å². The first kappa shape index (κ1) is 32.5. The van der Waals surface area contributed by atoms with Crippen LogP contribution < -0.4 is 27.4 Å². The molecule has 2 aromatic rings. The van der Waals surface area contributed by atoms with E-state index in [0.717, 1.165) is 11.1 Å². The number of nitrogens with one attached hydrogen (secondary N) is 3. The molecule has 3 amide bonds. The third kappa shape index (κ3) is 11.5. The van der Waals surface area contributed by atoms with E-state index in [-0.39, 0.29) is 25.2 Å². The number of carbonyl (C=O) groups is 4. The zero-order valence-electron chi connectivity index (χ0n) is 23.3. The number of carboxylic acid groups (broad SMARTS) is 1. The van der Waals surface area contributed by atoms with E-state index in [1.807, 2.05) is 74.5 Å². The van der Waals surface area contributed by atoms with Crippen molar-refractivity contribution in [2.75, 3.05) is 6.54 Å². The molecule has 0 saturated heterocycles. The van der Waals surface area contributed by atoms with E-state index >= 15 is 0 Å². The van der Waals surface area contributed by atoms with Gasteiger partial charge in [-0.3, -0.25) is 14.4 Å². The van der Waals surface area contributed by atoms with Crippen molar-refractivity contribution < 1.29 is 24.3 Å². The summed E-state index contributed by atoms with van der Waals surface area (Å²) in [5.41, 5.74) is 13.4. The lowest BCUT2D eigenvalue weighted by Gasteiger charge is -2.26. The fourth-order valence-electron chi connectivity index (χ4n) is 4.30. The van der Waals surface area contributed by atoms with Crippen molar-refractivity contribution in [2.24, 2.45) is 17.4 Å². The van der Waals surface area contributed by atoms with E-state index in [1.165, 1.54) is 0 Å². The molecule has 2 rings (SSSR count). The molecular weight excluding hydrogens is 510 g/mol. The van der Waals surface area contributed by atoms with Gasteiger partial charge in [-0.05, 0) is 55.7 Å².